The zero-order valence-corrected chi connectivity index (χ0v) is 12.5. The smallest absolute Gasteiger partial charge is 0.252 e. The highest BCUT2D eigenvalue weighted by Gasteiger charge is 2.16. The number of hydrogen-bond acceptors (Lipinski definition) is 3. The van der Waals surface area contributed by atoms with Gasteiger partial charge in [0.1, 0.15) is 0 Å². The van der Waals surface area contributed by atoms with Crippen LogP contribution in [0.4, 0.5) is 0 Å². The van der Waals surface area contributed by atoms with Crippen molar-refractivity contribution in [2.24, 2.45) is 0 Å². The van der Waals surface area contributed by atoms with E-state index in [0.29, 0.717) is 6.04 Å². The quantitative estimate of drug-likeness (QED) is 0.782. The molecule has 3 nitrogen and oxygen atoms in total. The van der Waals surface area contributed by atoms with Gasteiger partial charge in [-0.25, -0.2) is 0 Å². The van der Waals surface area contributed by atoms with Crippen molar-refractivity contribution in [3.05, 3.63) is 19.9 Å². The molecule has 0 bridgehead atoms. The third-order valence-corrected chi connectivity index (χ3v) is 4.25. The number of piperidine rings is 1. The average Bonchev–Trinajstić information content (AvgIpc) is 2.66. The number of amides is 1. The molecule has 0 unspecified atom stereocenters. The van der Waals surface area contributed by atoms with Crippen molar-refractivity contribution in [1.82, 2.24) is 10.6 Å². The van der Waals surface area contributed by atoms with Gasteiger partial charge in [-0.2, -0.15) is 0 Å². The fourth-order valence-corrected chi connectivity index (χ4v) is 3.00. The van der Waals surface area contributed by atoms with Crippen LogP contribution in [-0.2, 0) is 0 Å². The Labute approximate surface area is 119 Å². The minimum Gasteiger partial charge on any atom is -0.348 e. The van der Waals surface area contributed by atoms with E-state index in [1.807, 2.05) is 11.4 Å². The van der Waals surface area contributed by atoms with Gasteiger partial charge in [-0.1, -0.05) is 0 Å². The molecule has 2 heterocycles. The fourth-order valence-electron chi connectivity index (χ4n) is 1.67. The maximum Gasteiger partial charge on any atom is 0.252 e. The van der Waals surface area contributed by atoms with Crippen LogP contribution in [0.5, 0.6) is 0 Å². The lowest BCUT2D eigenvalue weighted by atomic mass is 10.1. The van der Waals surface area contributed by atoms with E-state index in [2.05, 4.69) is 33.2 Å². The molecule has 0 radical (unpaired) electrons. The normalized spacial score (nSPS) is 19.9. The number of hydrogen-bond donors (Lipinski definition) is 2. The summed E-state index contributed by atoms with van der Waals surface area (Å²) in [5, 5.41) is 8.24. The second-order valence-corrected chi connectivity index (χ2v) is 6.46. The summed E-state index contributed by atoms with van der Waals surface area (Å²) in [6, 6.07) is 2.22. The number of halogens is 2. The number of thiophene rings is 1. The summed E-state index contributed by atoms with van der Waals surface area (Å²) in [4.78, 5) is 11.8. The highest BCUT2D eigenvalue weighted by Crippen LogP contribution is 2.16. The zero-order valence-electron chi connectivity index (χ0n) is 8.66. The lowest BCUT2D eigenvalue weighted by Crippen LogP contribution is -2.45. The Kier molecular flexibility index (Phi) is 6.02. The topological polar surface area (TPSA) is 41.1 Å². The Bertz CT molecular complexity index is 352. The van der Waals surface area contributed by atoms with Crippen LogP contribution in [0.25, 0.3) is 0 Å². The maximum atomic E-state index is 11.8. The highest BCUT2D eigenvalue weighted by molar-refractivity contribution is 14.1. The van der Waals surface area contributed by atoms with E-state index in [-0.39, 0.29) is 18.3 Å². The number of carbonyl (C=O) groups excluding carboxylic acids is 1. The molecule has 1 amide bonds. The van der Waals surface area contributed by atoms with Crippen LogP contribution in [0.3, 0.4) is 0 Å². The van der Waals surface area contributed by atoms with E-state index >= 15 is 0 Å². The van der Waals surface area contributed by atoms with Crippen molar-refractivity contribution in [2.75, 3.05) is 13.1 Å². The third-order valence-electron chi connectivity index (χ3n) is 2.46. The van der Waals surface area contributed by atoms with Gasteiger partial charge in [0.05, 0.1) is 8.45 Å². The monoisotopic (exact) mass is 372 g/mol. The van der Waals surface area contributed by atoms with Gasteiger partial charge in [-0.05, 0) is 48.0 Å². The molecule has 0 spiro atoms. The maximum absolute atomic E-state index is 11.8. The van der Waals surface area contributed by atoms with Gasteiger partial charge < -0.3 is 10.6 Å². The summed E-state index contributed by atoms with van der Waals surface area (Å²) < 4.78 is 1.15. The predicted octanol–water partition coefficient (Wildman–Crippen LogP) is 2.26. The lowest BCUT2D eigenvalue weighted by Gasteiger charge is -2.23. The van der Waals surface area contributed by atoms with Crippen LogP contribution in [0.1, 0.15) is 23.2 Å². The molecule has 1 fully saturated rings. The first-order chi connectivity index (χ1) is 7.25. The third kappa shape index (κ3) is 3.87. The molecule has 6 heteroatoms. The number of carbonyl (C=O) groups is 1. The van der Waals surface area contributed by atoms with E-state index in [9.17, 15) is 4.79 Å². The van der Waals surface area contributed by atoms with Crippen LogP contribution in [0.2, 0.25) is 0 Å². The summed E-state index contributed by atoms with van der Waals surface area (Å²) in [6.45, 7) is 1.97. The van der Waals surface area contributed by atoms with Crippen molar-refractivity contribution in [3.63, 3.8) is 0 Å². The average molecular weight is 373 g/mol. The van der Waals surface area contributed by atoms with Crippen LogP contribution in [0, 0.1) is 2.88 Å². The van der Waals surface area contributed by atoms with Crippen LogP contribution in [0.15, 0.2) is 11.4 Å². The van der Waals surface area contributed by atoms with E-state index in [1.165, 1.54) is 0 Å². The van der Waals surface area contributed by atoms with Gasteiger partial charge in [-0.3, -0.25) is 4.79 Å². The Balaban J connectivity index is 0.00000128. The molecule has 90 valence electrons. The lowest BCUT2D eigenvalue weighted by molar-refractivity contribution is 0.0931. The molecule has 1 atom stereocenters. The zero-order chi connectivity index (χ0) is 10.7. The van der Waals surface area contributed by atoms with E-state index in [4.69, 9.17) is 0 Å². The van der Waals surface area contributed by atoms with E-state index in [1.54, 1.807) is 11.3 Å². The molecule has 1 saturated heterocycles. The first kappa shape index (κ1) is 14.2. The number of nitrogens with one attached hydrogen (secondary N) is 2. The molecule has 0 saturated carbocycles. The van der Waals surface area contributed by atoms with Crippen LogP contribution >= 0.6 is 46.3 Å². The first-order valence-corrected chi connectivity index (χ1v) is 6.97. The van der Waals surface area contributed by atoms with Crippen molar-refractivity contribution >= 4 is 52.2 Å². The predicted molar refractivity (Wildman–Crippen MR) is 77.6 cm³/mol. The standard InChI is InChI=1S/C10H13IN2OS.ClH/c11-9-4-7(6-15-9)10(14)13-8-2-1-3-12-5-8;/h4,6,8,12H,1-3,5H2,(H,13,14);1H/t8-;/m1./s1. The summed E-state index contributed by atoms with van der Waals surface area (Å²) in [5.41, 5.74) is 0.787. The molecule has 2 rings (SSSR count). The molecule has 0 aromatic carbocycles. The van der Waals surface area contributed by atoms with Gasteiger partial charge >= 0.3 is 0 Å². The molecule has 1 aromatic rings. The Morgan fingerprint density at radius 3 is 3.00 bits per heavy atom. The summed E-state index contributed by atoms with van der Waals surface area (Å²) in [5.74, 6) is 0.0582. The van der Waals surface area contributed by atoms with Crippen molar-refractivity contribution in [2.45, 2.75) is 18.9 Å². The van der Waals surface area contributed by atoms with E-state index < -0.39 is 0 Å². The molecule has 0 aliphatic carbocycles. The van der Waals surface area contributed by atoms with Crippen LogP contribution in [-0.4, -0.2) is 25.0 Å². The SMILES string of the molecule is Cl.O=C(N[C@@H]1CCCNC1)c1csc(I)c1. The molecule has 1 aliphatic rings. The molecule has 2 N–H and O–H groups in total. The van der Waals surface area contributed by atoms with E-state index in [0.717, 1.165) is 34.4 Å². The largest absolute Gasteiger partial charge is 0.348 e. The summed E-state index contributed by atoms with van der Waals surface area (Å²) in [7, 11) is 0. The van der Waals surface area contributed by atoms with Gasteiger partial charge in [0.15, 0.2) is 0 Å². The van der Waals surface area contributed by atoms with Gasteiger partial charge in [0.25, 0.3) is 5.91 Å². The Morgan fingerprint density at radius 2 is 2.44 bits per heavy atom. The highest BCUT2D eigenvalue weighted by atomic mass is 127. The minimum atomic E-state index is 0. The Morgan fingerprint density at radius 1 is 1.62 bits per heavy atom. The molecule has 1 aromatic heterocycles. The van der Waals surface area contributed by atoms with Crippen molar-refractivity contribution < 1.29 is 4.79 Å². The first-order valence-electron chi connectivity index (χ1n) is 5.01. The van der Waals surface area contributed by atoms with Gasteiger partial charge in [0.2, 0.25) is 0 Å². The summed E-state index contributed by atoms with van der Waals surface area (Å²) >= 11 is 3.84. The summed E-state index contributed by atoms with van der Waals surface area (Å²) in [6.07, 6.45) is 2.23. The van der Waals surface area contributed by atoms with Crippen molar-refractivity contribution in [1.29, 1.82) is 0 Å². The van der Waals surface area contributed by atoms with Gasteiger partial charge in [0, 0.05) is 18.0 Å². The molecule has 1 aliphatic heterocycles. The van der Waals surface area contributed by atoms with Gasteiger partial charge in [-0.15, -0.1) is 23.7 Å². The fraction of sp³-hybridized carbons (Fsp3) is 0.500. The van der Waals surface area contributed by atoms with Crippen LogP contribution < -0.4 is 10.6 Å². The molecular weight excluding hydrogens is 359 g/mol. The second kappa shape index (κ2) is 6.78. The molecular formula is C10H14ClIN2OS. The molecule has 16 heavy (non-hydrogen) atoms. The second-order valence-electron chi connectivity index (χ2n) is 3.66. The Hall–Kier alpha value is 0.150. The number of rotatable bonds is 2. The van der Waals surface area contributed by atoms with Crippen molar-refractivity contribution in [3.8, 4) is 0 Å². The minimum absolute atomic E-state index is 0.